The quantitative estimate of drug-likeness (QED) is 0.801. The highest BCUT2D eigenvalue weighted by Gasteiger charge is 2.31. The number of alkyl halides is 3. The summed E-state index contributed by atoms with van der Waals surface area (Å²) in [7, 11) is 0. The van der Waals surface area contributed by atoms with Gasteiger partial charge in [-0.15, -0.1) is 0 Å². The molecular formula is C19H20F3N5. The van der Waals surface area contributed by atoms with E-state index in [1.54, 1.807) is 0 Å². The summed E-state index contributed by atoms with van der Waals surface area (Å²) in [5, 5.41) is 9.48. The summed E-state index contributed by atoms with van der Waals surface area (Å²) in [4.78, 5) is 12.5. The fourth-order valence-electron chi connectivity index (χ4n) is 3.32. The van der Waals surface area contributed by atoms with Crippen molar-refractivity contribution in [2.75, 3.05) is 36.0 Å². The van der Waals surface area contributed by atoms with Crippen molar-refractivity contribution < 1.29 is 13.2 Å². The second kappa shape index (κ2) is 7.43. The van der Waals surface area contributed by atoms with Crippen LogP contribution in [-0.2, 0) is 6.18 Å². The van der Waals surface area contributed by atoms with Gasteiger partial charge in [-0.2, -0.15) is 18.4 Å². The molecule has 142 valence electrons. The van der Waals surface area contributed by atoms with Crippen molar-refractivity contribution in [2.24, 2.45) is 0 Å². The van der Waals surface area contributed by atoms with Crippen LogP contribution in [0.4, 0.5) is 24.7 Å². The molecule has 2 aromatic heterocycles. The molecule has 1 saturated heterocycles. The third-order valence-electron chi connectivity index (χ3n) is 4.66. The van der Waals surface area contributed by atoms with Gasteiger partial charge in [0.25, 0.3) is 0 Å². The first-order chi connectivity index (χ1) is 12.8. The van der Waals surface area contributed by atoms with Crippen LogP contribution < -0.4 is 9.80 Å². The van der Waals surface area contributed by atoms with E-state index in [1.807, 2.05) is 24.8 Å². The Hall–Kier alpha value is -2.82. The lowest BCUT2D eigenvalue weighted by Crippen LogP contribution is -2.31. The summed E-state index contributed by atoms with van der Waals surface area (Å²) in [6.45, 7) is 6.44. The Kier molecular flexibility index (Phi) is 5.22. The van der Waals surface area contributed by atoms with Gasteiger partial charge in [0.15, 0.2) is 0 Å². The van der Waals surface area contributed by atoms with Gasteiger partial charge in [0.1, 0.15) is 11.9 Å². The van der Waals surface area contributed by atoms with Crippen molar-refractivity contribution in [3.05, 3.63) is 46.9 Å². The molecule has 5 nitrogen and oxygen atoms in total. The summed E-state index contributed by atoms with van der Waals surface area (Å²) in [6.07, 6.45) is -2.69. The van der Waals surface area contributed by atoms with Gasteiger partial charge in [0, 0.05) is 38.1 Å². The summed E-state index contributed by atoms with van der Waals surface area (Å²) in [5.41, 5.74) is 2.25. The van der Waals surface area contributed by atoms with E-state index in [1.165, 1.54) is 6.07 Å². The van der Waals surface area contributed by atoms with Crippen LogP contribution in [0.15, 0.2) is 24.4 Å². The van der Waals surface area contributed by atoms with Crippen molar-refractivity contribution in [3.8, 4) is 6.07 Å². The first-order valence-corrected chi connectivity index (χ1v) is 8.71. The maximum Gasteiger partial charge on any atom is 0.417 e. The van der Waals surface area contributed by atoms with Crippen LogP contribution in [0.1, 0.15) is 28.9 Å². The molecule has 1 aliphatic heterocycles. The van der Waals surface area contributed by atoms with Gasteiger partial charge in [0.05, 0.1) is 22.5 Å². The summed E-state index contributed by atoms with van der Waals surface area (Å²) in [5.74, 6) is 0.535. The second-order valence-corrected chi connectivity index (χ2v) is 6.59. The number of aromatic nitrogens is 2. The maximum atomic E-state index is 12.7. The van der Waals surface area contributed by atoms with Crippen molar-refractivity contribution in [1.29, 1.82) is 5.26 Å². The van der Waals surface area contributed by atoms with E-state index in [0.717, 1.165) is 36.6 Å². The van der Waals surface area contributed by atoms with Gasteiger partial charge in [0.2, 0.25) is 0 Å². The van der Waals surface area contributed by atoms with Gasteiger partial charge in [-0.25, -0.2) is 4.98 Å². The molecule has 0 saturated carbocycles. The first kappa shape index (κ1) is 19.0. The Balaban J connectivity index is 1.78. The molecule has 0 aromatic carbocycles. The van der Waals surface area contributed by atoms with Gasteiger partial charge < -0.3 is 9.80 Å². The molecule has 27 heavy (non-hydrogen) atoms. The summed E-state index contributed by atoms with van der Waals surface area (Å²) >= 11 is 0. The van der Waals surface area contributed by atoms with Gasteiger partial charge >= 0.3 is 6.18 Å². The molecule has 8 heteroatoms. The Bertz CT molecular complexity index is 855. The number of nitrogens with zero attached hydrogens (tertiary/aromatic N) is 5. The Labute approximate surface area is 156 Å². The van der Waals surface area contributed by atoms with Crippen LogP contribution in [0, 0.1) is 25.2 Å². The SMILES string of the molecule is Cc1cc(N2CCCN(c3ccc(C(F)(F)F)cn3)CC2)c(C#N)c(C)n1. The van der Waals surface area contributed by atoms with Gasteiger partial charge in [-0.05, 0) is 38.5 Å². The average molecular weight is 375 g/mol. The van der Waals surface area contributed by atoms with E-state index in [-0.39, 0.29) is 0 Å². The predicted molar refractivity (Wildman–Crippen MR) is 96.7 cm³/mol. The highest BCUT2D eigenvalue weighted by molar-refractivity contribution is 5.62. The van der Waals surface area contributed by atoms with Crippen molar-refractivity contribution in [2.45, 2.75) is 26.4 Å². The molecule has 0 aliphatic carbocycles. The molecule has 0 N–H and O–H groups in total. The maximum absolute atomic E-state index is 12.7. The number of hydrogen-bond donors (Lipinski definition) is 0. The van der Waals surface area contributed by atoms with E-state index in [0.29, 0.717) is 36.7 Å². The molecule has 0 unspecified atom stereocenters. The lowest BCUT2D eigenvalue weighted by Gasteiger charge is -2.25. The fraction of sp³-hybridized carbons (Fsp3) is 0.421. The van der Waals surface area contributed by atoms with Crippen molar-refractivity contribution >= 4 is 11.5 Å². The number of anilines is 2. The van der Waals surface area contributed by atoms with Gasteiger partial charge in [-0.3, -0.25) is 4.98 Å². The molecule has 1 fully saturated rings. The number of nitriles is 1. The molecule has 0 atom stereocenters. The number of aryl methyl sites for hydroxylation is 2. The zero-order valence-electron chi connectivity index (χ0n) is 15.2. The summed E-state index contributed by atoms with van der Waals surface area (Å²) < 4.78 is 38.1. The molecule has 0 spiro atoms. The highest BCUT2D eigenvalue weighted by atomic mass is 19.4. The van der Waals surface area contributed by atoms with Gasteiger partial charge in [-0.1, -0.05) is 0 Å². The molecule has 0 bridgehead atoms. The summed E-state index contributed by atoms with van der Waals surface area (Å²) in [6, 6.07) is 6.63. The predicted octanol–water partition coefficient (Wildman–Crippen LogP) is 3.70. The molecular weight excluding hydrogens is 355 g/mol. The molecule has 3 heterocycles. The number of hydrogen-bond acceptors (Lipinski definition) is 5. The van der Waals surface area contributed by atoms with E-state index in [2.05, 4.69) is 20.9 Å². The zero-order valence-corrected chi connectivity index (χ0v) is 15.2. The van der Waals surface area contributed by atoms with E-state index in [9.17, 15) is 18.4 Å². The Morgan fingerprint density at radius 2 is 1.78 bits per heavy atom. The minimum atomic E-state index is -4.38. The normalized spacial score (nSPS) is 15.4. The van der Waals surface area contributed by atoms with E-state index in [4.69, 9.17) is 0 Å². The smallest absolute Gasteiger partial charge is 0.369 e. The third kappa shape index (κ3) is 4.13. The molecule has 3 rings (SSSR count). The lowest BCUT2D eigenvalue weighted by atomic mass is 10.1. The third-order valence-corrected chi connectivity index (χ3v) is 4.66. The zero-order chi connectivity index (χ0) is 19.6. The number of rotatable bonds is 2. The molecule has 0 radical (unpaired) electrons. The van der Waals surface area contributed by atoms with Crippen LogP contribution >= 0.6 is 0 Å². The van der Waals surface area contributed by atoms with Crippen LogP contribution in [-0.4, -0.2) is 36.1 Å². The second-order valence-electron chi connectivity index (χ2n) is 6.59. The Morgan fingerprint density at radius 3 is 2.41 bits per heavy atom. The fourth-order valence-corrected chi connectivity index (χ4v) is 3.32. The van der Waals surface area contributed by atoms with E-state index >= 15 is 0 Å². The van der Waals surface area contributed by atoms with Crippen molar-refractivity contribution in [1.82, 2.24) is 9.97 Å². The number of pyridine rings is 2. The van der Waals surface area contributed by atoms with Crippen LogP contribution in [0.2, 0.25) is 0 Å². The lowest BCUT2D eigenvalue weighted by molar-refractivity contribution is -0.137. The van der Waals surface area contributed by atoms with Crippen LogP contribution in [0.5, 0.6) is 0 Å². The Morgan fingerprint density at radius 1 is 1.07 bits per heavy atom. The largest absolute Gasteiger partial charge is 0.417 e. The molecule has 0 amide bonds. The van der Waals surface area contributed by atoms with Crippen LogP contribution in [0.25, 0.3) is 0 Å². The van der Waals surface area contributed by atoms with Crippen LogP contribution in [0.3, 0.4) is 0 Å². The monoisotopic (exact) mass is 375 g/mol. The highest BCUT2D eigenvalue weighted by Crippen LogP contribution is 2.30. The minimum absolute atomic E-state index is 0.535. The minimum Gasteiger partial charge on any atom is -0.369 e. The number of halogens is 3. The topological polar surface area (TPSA) is 56.0 Å². The van der Waals surface area contributed by atoms with Crippen molar-refractivity contribution in [3.63, 3.8) is 0 Å². The molecule has 1 aliphatic rings. The van der Waals surface area contributed by atoms with E-state index < -0.39 is 11.7 Å². The standard InChI is InChI=1S/C19H20F3N5/c1-13-10-17(16(11-23)14(2)25-13)26-6-3-7-27(9-8-26)18-5-4-15(12-24-18)19(20,21)22/h4-5,10,12H,3,6-9H2,1-2H3. The molecule has 2 aromatic rings. The average Bonchev–Trinajstić information content (AvgIpc) is 2.86. The first-order valence-electron chi connectivity index (χ1n) is 8.71.